The summed E-state index contributed by atoms with van der Waals surface area (Å²) in [4.78, 5) is 28.2. The molecule has 146 valence electrons. The summed E-state index contributed by atoms with van der Waals surface area (Å²) in [6.45, 7) is 3.77. The fourth-order valence-corrected chi connectivity index (χ4v) is 4.10. The number of imide groups is 1. The smallest absolute Gasteiger partial charge is 0.282 e. The number of nitrogens with one attached hydrogen (secondary N) is 1. The standard InChI is InChI=1S/C22H16F2N2O2S/c1-12-8-13(2)10-15(9-12)26-21(27)19(18-4-3-7-29-18)20(22(26)28)25-14-5-6-16(23)17(24)11-14/h3-11,25H,1-2H3. The molecule has 0 atom stereocenters. The lowest BCUT2D eigenvalue weighted by molar-refractivity contribution is -0.120. The van der Waals surface area contributed by atoms with Crippen molar-refractivity contribution < 1.29 is 18.4 Å². The van der Waals surface area contributed by atoms with Crippen molar-refractivity contribution in [3.05, 3.63) is 87.2 Å². The molecule has 2 aromatic carbocycles. The van der Waals surface area contributed by atoms with Crippen LogP contribution in [0.25, 0.3) is 5.57 Å². The van der Waals surface area contributed by atoms with Crippen molar-refractivity contribution in [1.29, 1.82) is 0 Å². The van der Waals surface area contributed by atoms with Crippen molar-refractivity contribution in [2.75, 3.05) is 10.2 Å². The number of hydrogen-bond donors (Lipinski definition) is 1. The number of carbonyl (C=O) groups excluding carboxylic acids is 2. The number of halogens is 2. The van der Waals surface area contributed by atoms with E-state index in [1.165, 1.54) is 17.4 Å². The number of amides is 2. The summed E-state index contributed by atoms with van der Waals surface area (Å²) >= 11 is 1.32. The van der Waals surface area contributed by atoms with Crippen LogP contribution in [0.15, 0.2) is 59.6 Å². The van der Waals surface area contributed by atoms with Gasteiger partial charge < -0.3 is 5.32 Å². The highest BCUT2D eigenvalue weighted by molar-refractivity contribution is 7.11. The van der Waals surface area contributed by atoms with Crippen LogP contribution in [0.1, 0.15) is 16.0 Å². The molecule has 4 rings (SSSR count). The van der Waals surface area contributed by atoms with Gasteiger partial charge in [-0.3, -0.25) is 9.59 Å². The van der Waals surface area contributed by atoms with Gasteiger partial charge in [0, 0.05) is 16.6 Å². The number of carbonyl (C=O) groups is 2. The van der Waals surface area contributed by atoms with E-state index in [0.717, 1.165) is 28.2 Å². The van der Waals surface area contributed by atoms with Crippen LogP contribution in [0.2, 0.25) is 0 Å². The van der Waals surface area contributed by atoms with Gasteiger partial charge in [-0.05, 0) is 60.7 Å². The van der Waals surface area contributed by atoms with Gasteiger partial charge in [-0.2, -0.15) is 0 Å². The first-order valence-electron chi connectivity index (χ1n) is 8.82. The molecule has 0 aliphatic carbocycles. The Hall–Kier alpha value is -3.32. The van der Waals surface area contributed by atoms with E-state index in [9.17, 15) is 18.4 Å². The summed E-state index contributed by atoms with van der Waals surface area (Å²) in [5.74, 6) is -3.05. The van der Waals surface area contributed by atoms with E-state index in [4.69, 9.17) is 0 Å². The van der Waals surface area contributed by atoms with Gasteiger partial charge >= 0.3 is 0 Å². The number of rotatable bonds is 4. The molecular weight excluding hydrogens is 394 g/mol. The largest absolute Gasteiger partial charge is 0.350 e. The van der Waals surface area contributed by atoms with Gasteiger partial charge in [0.25, 0.3) is 11.8 Å². The van der Waals surface area contributed by atoms with Gasteiger partial charge in [0.05, 0.1) is 11.3 Å². The van der Waals surface area contributed by atoms with E-state index >= 15 is 0 Å². The molecular formula is C22H16F2N2O2S. The lowest BCUT2D eigenvalue weighted by Crippen LogP contribution is -2.32. The second-order valence-electron chi connectivity index (χ2n) is 6.77. The second kappa shape index (κ2) is 7.25. The molecule has 0 unspecified atom stereocenters. The van der Waals surface area contributed by atoms with Gasteiger partial charge in [0.15, 0.2) is 11.6 Å². The molecule has 29 heavy (non-hydrogen) atoms. The first kappa shape index (κ1) is 19.0. The number of aryl methyl sites for hydroxylation is 2. The molecule has 0 bridgehead atoms. The Labute approximate surface area is 170 Å². The molecule has 2 heterocycles. The Morgan fingerprint density at radius 2 is 1.62 bits per heavy atom. The minimum absolute atomic E-state index is 0.0302. The first-order chi connectivity index (χ1) is 13.8. The van der Waals surface area contributed by atoms with Crippen LogP contribution in [-0.4, -0.2) is 11.8 Å². The Balaban J connectivity index is 1.81. The molecule has 0 saturated carbocycles. The van der Waals surface area contributed by atoms with Gasteiger partial charge in [-0.25, -0.2) is 13.7 Å². The summed E-state index contributed by atoms with van der Waals surface area (Å²) in [5.41, 5.74) is 2.71. The Morgan fingerprint density at radius 1 is 0.897 bits per heavy atom. The highest BCUT2D eigenvalue weighted by Crippen LogP contribution is 2.36. The van der Waals surface area contributed by atoms with E-state index < -0.39 is 23.4 Å². The highest BCUT2D eigenvalue weighted by Gasteiger charge is 2.40. The summed E-state index contributed by atoms with van der Waals surface area (Å²) < 4.78 is 26.9. The molecule has 1 aliphatic heterocycles. The van der Waals surface area contributed by atoms with Crippen molar-refractivity contribution in [1.82, 2.24) is 0 Å². The lowest BCUT2D eigenvalue weighted by atomic mass is 10.1. The molecule has 2 amide bonds. The summed E-state index contributed by atoms with van der Waals surface area (Å²) in [5, 5.41) is 4.62. The molecule has 0 spiro atoms. The highest BCUT2D eigenvalue weighted by atomic mass is 32.1. The van der Waals surface area contributed by atoms with Gasteiger partial charge in [-0.15, -0.1) is 11.3 Å². The van der Waals surface area contributed by atoms with Crippen molar-refractivity contribution in [2.45, 2.75) is 13.8 Å². The number of hydrogen-bond acceptors (Lipinski definition) is 4. The molecule has 1 N–H and O–H groups in total. The monoisotopic (exact) mass is 410 g/mol. The maximum atomic E-state index is 13.6. The molecule has 7 heteroatoms. The molecule has 0 radical (unpaired) electrons. The van der Waals surface area contributed by atoms with Crippen molar-refractivity contribution in [3.8, 4) is 0 Å². The van der Waals surface area contributed by atoms with Gasteiger partial charge in [0.2, 0.25) is 0 Å². The molecule has 4 nitrogen and oxygen atoms in total. The lowest BCUT2D eigenvalue weighted by Gasteiger charge is -2.17. The van der Waals surface area contributed by atoms with E-state index in [1.54, 1.807) is 29.6 Å². The average Bonchev–Trinajstić information content (AvgIpc) is 3.24. The molecule has 1 aromatic heterocycles. The maximum absolute atomic E-state index is 13.6. The zero-order chi connectivity index (χ0) is 20.7. The number of anilines is 2. The zero-order valence-corrected chi connectivity index (χ0v) is 16.4. The Morgan fingerprint density at radius 3 is 2.24 bits per heavy atom. The minimum atomic E-state index is -1.05. The van der Waals surface area contributed by atoms with Crippen LogP contribution in [0.3, 0.4) is 0 Å². The third-order valence-electron chi connectivity index (χ3n) is 4.51. The van der Waals surface area contributed by atoms with Crippen LogP contribution < -0.4 is 10.2 Å². The SMILES string of the molecule is Cc1cc(C)cc(N2C(=O)C(Nc3ccc(F)c(F)c3)=C(c3cccs3)C2=O)c1. The van der Waals surface area contributed by atoms with Crippen molar-refractivity contribution in [3.63, 3.8) is 0 Å². The van der Waals surface area contributed by atoms with Crippen molar-refractivity contribution >= 4 is 40.1 Å². The van der Waals surface area contributed by atoms with E-state index in [-0.39, 0.29) is 17.0 Å². The van der Waals surface area contributed by atoms with Crippen molar-refractivity contribution in [2.24, 2.45) is 0 Å². The first-order valence-corrected chi connectivity index (χ1v) is 9.70. The minimum Gasteiger partial charge on any atom is -0.350 e. The Kier molecular flexibility index (Phi) is 4.76. The van der Waals surface area contributed by atoms with Gasteiger partial charge in [0.1, 0.15) is 5.70 Å². The van der Waals surface area contributed by atoms with Crippen LogP contribution in [0, 0.1) is 25.5 Å². The number of benzene rings is 2. The quantitative estimate of drug-likeness (QED) is 0.613. The predicted octanol–water partition coefficient (Wildman–Crippen LogP) is 5.04. The summed E-state index contributed by atoms with van der Waals surface area (Å²) in [6, 6.07) is 12.2. The van der Waals surface area contributed by atoms with E-state index in [0.29, 0.717) is 10.6 Å². The van der Waals surface area contributed by atoms with Crippen LogP contribution in [0.4, 0.5) is 20.2 Å². The predicted molar refractivity (Wildman–Crippen MR) is 110 cm³/mol. The summed E-state index contributed by atoms with van der Waals surface area (Å²) in [6.07, 6.45) is 0. The summed E-state index contributed by atoms with van der Waals surface area (Å²) in [7, 11) is 0. The number of thiophene rings is 1. The molecule has 3 aromatic rings. The molecule has 1 aliphatic rings. The third kappa shape index (κ3) is 3.45. The van der Waals surface area contributed by atoms with Crippen LogP contribution in [-0.2, 0) is 9.59 Å². The normalized spacial score (nSPS) is 14.1. The second-order valence-corrected chi connectivity index (χ2v) is 7.72. The van der Waals surface area contributed by atoms with Crippen LogP contribution >= 0.6 is 11.3 Å². The average molecular weight is 410 g/mol. The fourth-order valence-electron chi connectivity index (χ4n) is 3.33. The zero-order valence-electron chi connectivity index (χ0n) is 15.6. The van der Waals surface area contributed by atoms with E-state index in [2.05, 4.69) is 5.32 Å². The molecule has 0 saturated heterocycles. The van der Waals surface area contributed by atoms with Gasteiger partial charge in [-0.1, -0.05) is 12.1 Å². The number of nitrogens with zero attached hydrogens (tertiary/aromatic N) is 1. The fraction of sp³-hybridized carbons (Fsp3) is 0.0909. The molecule has 0 fully saturated rings. The van der Waals surface area contributed by atoms with E-state index in [1.807, 2.05) is 19.9 Å². The van der Waals surface area contributed by atoms with Crippen LogP contribution in [0.5, 0.6) is 0 Å². The maximum Gasteiger partial charge on any atom is 0.282 e. The third-order valence-corrected chi connectivity index (χ3v) is 5.39. The topological polar surface area (TPSA) is 49.4 Å². The Bertz CT molecular complexity index is 1150.